The van der Waals surface area contributed by atoms with Gasteiger partial charge < -0.3 is 14.5 Å². The third kappa shape index (κ3) is 3.21. The van der Waals surface area contributed by atoms with Gasteiger partial charge in [0, 0.05) is 37.9 Å². The molecule has 0 saturated carbocycles. The van der Waals surface area contributed by atoms with Crippen molar-refractivity contribution in [2.75, 3.05) is 33.3 Å². The summed E-state index contributed by atoms with van der Waals surface area (Å²) in [5, 5.41) is 0. The van der Waals surface area contributed by atoms with E-state index >= 15 is 0 Å². The first-order chi connectivity index (χ1) is 13.1. The molecule has 140 valence electrons. The lowest BCUT2D eigenvalue weighted by atomic mass is 9.83. The molecule has 6 heteroatoms. The van der Waals surface area contributed by atoms with Crippen molar-refractivity contribution in [3.63, 3.8) is 0 Å². The van der Waals surface area contributed by atoms with Crippen LogP contribution < -0.4 is 0 Å². The van der Waals surface area contributed by atoms with E-state index in [2.05, 4.69) is 4.98 Å². The smallest absolute Gasteiger partial charge is 0.257 e. The second kappa shape index (κ2) is 7.12. The van der Waals surface area contributed by atoms with Gasteiger partial charge in [0.2, 0.25) is 5.91 Å². The molecule has 2 atom stereocenters. The fraction of sp³-hybridized carbons (Fsp3) is 0.381. The Morgan fingerprint density at radius 2 is 2.00 bits per heavy atom. The van der Waals surface area contributed by atoms with E-state index in [1.54, 1.807) is 23.0 Å². The van der Waals surface area contributed by atoms with Crippen molar-refractivity contribution in [1.29, 1.82) is 0 Å². The average molecular weight is 365 g/mol. The van der Waals surface area contributed by atoms with Crippen LogP contribution in [0.4, 0.5) is 0 Å². The topological polar surface area (TPSA) is 62.7 Å². The van der Waals surface area contributed by atoms with Gasteiger partial charge in [0.1, 0.15) is 0 Å². The number of hydrogen-bond acceptors (Lipinski definition) is 4. The van der Waals surface area contributed by atoms with E-state index in [0.29, 0.717) is 19.7 Å². The van der Waals surface area contributed by atoms with Gasteiger partial charge in [-0.3, -0.25) is 14.6 Å². The molecule has 2 aliphatic heterocycles. The number of hydrogen-bond donors (Lipinski definition) is 0. The number of likely N-dealkylation sites (N-methyl/N-ethyl adjacent to an activating group) is 1. The van der Waals surface area contributed by atoms with Gasteiger partial charge in [-0.1, -0.05) is 36.4 Å². The Morgan fingerprint density at radius 3 is 2.74 bits per heavy atom. The van der Waals surface area contributed by atoms with Crippen molar-refractivity contribution in [3.05, 3.63) is 66.0 Å². The minimum Gasteiger partial charge on any atom is -0.361 e. The Hall–Kier alpha value is -2.73. The maximum absolute atomic E-state index is 13.0. The molecule has 4 rings (SSSR count). The van der Waals surface area contributed by atoms with Crippen molar-refractivity contribution in [2.24, 2.45) is 0 Å². The normalized spacial score (nSPS) is 25.2. The van der Waals surface area contributed by atoms with Gasteiger partial charge in [-0.05, 0) is 17.7 Å². The molecule has 0 radical (unpaired) electrons. The molecule has 1 aromatic heterocycles. The number of nitrogens with zero attached hydrogens (tertiary/aromatic N) is 3. The molecule has 27 heavy (non-hydrogen) atoms. The van der Waals surface area contributed by atoms with E-state index in [4.69, 9.17) is 4.74 Å². The van der Waals surface area contributed by atoms with Gasteiger partial charge in [0.05, 0.1) is 19.6 Å². The second-order valence-corrected chi connectivity index (χ2v) is 7.20. The summed E-state index contributed by atoms with van der Waals surface area (Å²) in [6, 6.07) is 15.5. The lowest BCUT2D eigenvalue weighted by molar-refractivity contribution is -0.167. The van der Waals surface area contributed by atoms with Crippen molar-refractivity contribution < 1.29 is 14.3 Å². The van der Waals surface area contributed by atoms with Crippen molar-refractivity contribution >= 4 is 11.8 Å². The van der Waals surface area contributed by atoms with E-state index in [1.165, 1.54) is 0 Å². The van der Waals surface area contributed by atoms with E-state index in [1.807, 2.05) is 48.5 Å². The maximum atomic E-state index is 13.0. The average Bonchev–Trinajstić information content (AvgIpc) is 2.94. The zero-order valence-electron chi connectivity index (χ0n) is 15.4. The summed E-state index contributed by atoms with van der Waals surface area (Å²) in [7, 11) is 1.80. The van der Waals surface area contributed by atoms with Crippen molar-refractivity contribution in [3.8, 4) is 0 Å². The number of likely N-dealkylation sites (tertiary alicyclic amines) is 1. The summed E-state index contributed by atoms with van der Waals surface area (Å²) in [6.45, 7) is 1.72. The number of carbonyl (C=O) groups is 2. The minimum atomic E-state index is -1.01. The van der Waals surface area contributed by atoms with Crippen LogP contribution in [0, 0.1) is 0 Å². The predicted octanol–water partition coefficient (Wildman–Crippen LogP) is 1.48. The molecule has 0 bridgehead atoms. The number of amides is 2. The van der Waals surface area contributed by atoms with Crippen molar-refractivity contribution in [2.45, 2.75) is 17.9 Å². The van der Waals surface area contributed by atoms with Gasteiger partial charge in [-0.25, -0.2) is 0 Å². The molecule has 2 unspecified atom stereocenters. The molecule has 2 saturated heterocycles. The summed E-state index contributed by atoms with van der Waals surface area (Å²) < 4.78 is 6.11. The van der Waals surface area contributed by atoms with E-state index in [0.717, 1.165) is 11.3 Å². The molecule has 2 fully saturated rings. The quantitative estimate of drug-likeness (QED) is 0.827. The van der Waals surface area contributed by atoms with Crippen LogP contribution in [0.3, 0.4) is 0 Å². The first-order valence-corrected chi connectivity index (χ1v) is 9.22. The number of pyridine rings is 1. The SMILES string of the molecule is CN1CC(c2ccccc2)C2(CN(C(=O)Cc3ccccn3)CCO2)C1=O. The summed E-state index contributed by atoms with van der Waals surface area (Å²) in [4.78, 5) is 33.6. The summed E-state index contributed by atoms with van der Waals surface area (Å²) in [6.07, 6.45) is 1.92. The Kier molecular flexibility index (Phi) is 4.66. The monoisotopic (exact) mass is 365 g/mol. The number of rotatable bonds is 3. The van der Waals surface area contributed by atoms with Crippen LogP contribution in [0.2, 0.25) is 0 Å². The van der Waals surface area contributed by atoms with E-state index in [-0.39, 0.29) is 30.7 Å². The van der Waals surface area contributed by atoms with Crippen LogP contribution in [0.5, 0.6) is 0 Å². The Balaban J connectivity index is 1.59. The van der Waals surface area contributed by atoms with Crippen LogP contribution in [0.15, 0.2) is 54.7 Å². The third-order valence-corrected chi connectivity index (χ3v) is 5.49. The van der Waals surface area contributed by atoms with Crippen LogP contribution in [-0.2, 0) is 20.7 Å². The fourth-order valence-corrected chi connectivity index (χ4v) is 4.11. The third-order valence-electron chi connectivity index (χ3n) is 5.49. The standard InChI is InChI=1S/C21H23N3O3/c1-23-14-18(16-7-3-2-4-8-16)21(20(23)26)15-24(11-12-27-21)19(25)13-17-9-5-6-10-22-17/h2-10,18H,11-15H2,1H3. The van der Waals surface area contributed by atoms with Crippen LogP contribution in [0.25, 0.3) is 0 Å². The summed E-state index contributed by atoms with van der Waals surface area (Å²) >= 11 is 0. The summed E-state index contributed by atoms with van der Waals surface area (Å²) in [5.41, 5.74) is 0.792. The molecule has 3 heterocycles. The highest BCUT2D eigenvalue weighted by atomic mass is 16.5. The zero-order valence-corrected chi connectivity index (χ0v) is 15.4. The van der Waals surface area contributed by atoms with Gasteiger partial charge in [-0.2, -0.15) is 0 Å². The Morgan fingerprint density at radius 1 is 1.22 bits per heavy atom. The first kappa shape index (κ1) is 17.7. The van der Waals surface area contributed by atoms with Crippen LogP contribution >= 0.6 is 0 Å². The molecule has 2 amide bonds. The Labute approximate surface area is 158 Å². The van der Waals surface area contributed by atoms with Gasteiger partial charge in [0.15, 0.2) is 5.60 Å². The number of aromatic nitrogens is 1. The van der Waals surface area contributed by atoms with Gasteiger partial charge in [0.25, 0.3) is 5.91 Å². The largest absolute Gasteiger partial charge is 0.361 e. The fourth-order valence-electron chi connectivity index (χ4n) is 4.11. The highest BCUT2D eigenvalue weighted by molar-refractivity contribution is 5.90. The van der Waals surface area contributed by atoms with Gasteiger partial charge >= 0.3 is 0 Å². The molecule has 1 spiro atoms. The van der Waals surface area contributed by atoms with E-state index in [9.17, 15) is 9.59 Å². The lowest BCUT2D eigenvalue weighted by Crippen LogP contribution is -2.59. The lowest BCUT2D eigenvalue weighted by Gasteiger charge is -2.42. The number of morpholine rings is 1. The highest BCUT2D eigenvalue weighted by Gasteiger charge is 2.57. The second-order valence-electron chi connectivity index (χ2n) is 7.20. The number of benzene rings is 1. The molecule has 6 nitrogen and oxygen atoms in total. The number of carbonyl (C=O) groups excluding carboxylic acids is 2. The molecule has 0 aliphatic carbocycles. The Bertz CT molecular complexity index is 827. The zero-order chi connectivity index (χ0) is 18.9. The van der Waals surface area contributed by atoms with E-state index < -0.39 is 5.60 Å². The molecular weight excluding hydrogens is 342 g/mol. The predicted molar refractivity (Wildman–Crippen MR) is 100 cm³/mol. The van der Waals surface area contributed by atoms with Crippen LogP contribution in [0.1, 0.15) is 17.2 Å². The van der Waals surface area contributed by atoms with Gasteiger partial charge in [-0.15, -0.1) is 0 Å². The molecule has 0 N–H and O–H groups in total. The van der Waals surface area contributed by atoms with Crippen LogP contribution in [-0.4, -0.2) is 65.5 Å². The van der Waals surface area contributed by atoms with Crippen molar-refractivity contribution in [1.82, 2.24) is 14.8 Å². The highest BCUT2D eigenvalue weighted by Crippen LogP contribution is 2.41. The summed E-state index contributed by atoms with van der Waals surface area (Å²) in [5.74, 6) is -0.168. The minimum absolute atomic E-state index is 0.0226. The molecule has 2 aliphatic rings. The molecular formula is C21H23N3O3. The molecule has 2 aromatic rings. The maximum Gasteiger partial charge on any atom is 0.257 e. The first-order valence-electron chi connectivity index (χ1n) is 9.22. The molecule has 1 aromatic carbocycles. The number of ether oxygens (including phenoxy) is 1.